The number of rotatable bonds is 1. The van der Waals surface area contributed by atoms with E-state index >= 15 is 0 Å². The summed E-state index contributed by atoms with van der Waals surface area (Å²) in [5.41, 5.74) is 1.31. The summed E-state index contributed by atoms with van der Waals surface area (Å²) in [4.78, 5) is 9.54. The minimum absolute atomic E-state index is 0.723. The van der Waals surface area contributed by atoms with Crippen LogP contribution in [0.25, 0.3) is 0 Å². The van der Waals surface area contributed by atoms with E-state index in [1.807, 2.05) is 6.20 Å². The maximum atomic E-state index is 4.54. The number of likely N-dealkylation sites (tertiary alicyclic amines) is 1. The van der Waals surface area contributed by atoms with Crippen LogP contribution in [0.2, 0.25) is 0 Å². The standard InChI is InChI=1S/C14H21N3/c1-11-3-6-15-14(9-11)17-8-4-12-10-16(2)7-5-13(12)17/h3,6,9,12-13H,4-5,7-8,10H2,1-2H3/t12-,13?/m1/s1. The number of aryl methyl sites for hydroxylation is 1. The Hall–Kier alpha value is -1.09. The Bertz CT molecular complexity index is 404. The summed E-state index contributed by atoms with van der Waals surface area (Å²) in [5, 5.41) is 0. The van der Waals surface area contributed by atoms with Gasteiger partial charge in [0, 0.05) is 25.3 Å². The van der Waals surface area contributed by atoms with Crippen LogP contribution in [0.15, 0.2) is 18.3 Å². The van der Waals surface area contributed by atoms with Gasteiger partial charge >= 0.3 is 0 Å². The van der Waals surface area contributed by atoms with Crippen molar-refractivity contribution in [1.82, 2.24) is 9.88 Å². The molecule has 2 aliphatic rings. The molecule has 0 spiro atoms. The number of hydrogen-bond donors (Lipinski definition) is 0. The van der Waals surface area contributed by atoms with Crippen molar-refractivity contribution in [3.63, 3.8) is 0 Å². The third-order valence-corrected chi connectivity index (χ3v) is 4.23. The first-order valence-corrected chi connectivity index (χ1v) is 6.62. The molecule has 1 aromatic rings. The van der Waals surface area contributed by atoms with Crippen LogP contribution in [0.3, 0.4) is 0 Å². The number of pyridine rings is 1. The van der Waals surface area contributed by atoms with Crippen molar-refractivity contribution in [2.45, 2.75) is 25.8 Å². The van der Waals surface area contributed by atoms with Gasteiger partial charge in [0.25, 0.3) is 0 Å². The van der Waals surface area contributed by atoms with Crippen LogP contribution in [0, 0.1) is 12.8 Å². The van der Waals surface area contributed by atoms with Crippen LogP contribution in [0.4, 0.5) is 5.82 Å². The number of anilines is 1. The molecule has 92 valence electrons. The lowest BCUT2D eigenvalue weighted by Gasteiger charge is -2.36. The molecule has 2 atom stereocenters. The molecule has 0 radical (unpaired) electrons. The van der Waals surface area contributed by atoms with Gasteiger partial charge < -0.3 is 9.80 Å². The minimum atomic E-state index is 0.723. The van der Waals surface area contributed by atoms with Crippen molar-refractivity contribution in [3.8, 4) is 0 Å². The molecule has 1 aromatic heterocycles. The molecule has 3 rings (SSSR count). The van der Waals surface area contributed by atoms with E-state index in [-0.39, 0.29) is 0 Å². The minimum Gasteiger partial charge on any atom is -0.353 e. The van der Waals surface area contributed by atoms with E-state index in [1.54, 1.807) is 0 Å². The van der Waals surface area contributed by atoms with Crippen LogP contribution < -0.4 is 4.90 Å². The average molecular weight is 231 g/mol. The van der Waals surface area contributed by atoms with Gasteiger partial charge in [0.05, 0.1) is 0 Å². The zero-order valence-electron chi connectivity index (χ0n) is 10.8. The van der Waals surface area contributed by atoms with Gasteiger partial charge in [0.2, 0.25) is 0 Å². The summed E-state index contributed by atoms with van der Waals surface area (Å²) in [5.74, 6) is 2.03. The Balaban J connectivity index is 1.81. The molecule has 17 heavy (non-hydrogen) atoms. The Labute approximate surface area is 103 Å². The Morgan fingerprint density at radius 2 is 2.18 bits per heavy atom. The molecule has 1 unspecified atom stereocenters. The van der Waals surface area contributed by atoms with Crippen LogP contribution in [-0.2, 0) is 0 Å². The van der Waals surface area contributed by atoms with Gasteiger partial charge in [0.1, 0.15) is 5.82 Å². The van der Waals surface area contributed by atoms with Crippen LogP contribution in [0.5, 0.6) is 0 Å². The lowest BCUT2D eigenvalue weighted by Crippen LogP contribution is -2.44. The highest BCUT2D eigenvalue weighted by Gasteiger charge is 2.37. The molecule has 3 nitrogen and oxygen atoms in total. The molecule has 0 amide bonds. The zero-order valence-corrected chi connectivity index (χ0v) is 10.8. The fourth-order valence-electron chi connectivity index (χ4n) is 3.33. The molecular weight excluding hydrogens is 210 g/mol. The number of hydrogen-bond acceptors (Lipinski definition) is 3. The van der Waals surface area contributed by atoms with E-state index in [1.165, 1.54) is 43.9 Å². The number of aromatic nitrogens is 1. The van der Waals surface area contributed by atoms with E-state index < -0.39 is 0 Å². The lowest BCUT2D eigenvalue weighted by molar-refractivity contribution is 0.202. The highest BCUT2D eigenvalue weighted by molar-refractivity contribution is 5.43. The molecule has 3 heterocycles. The van der Waals surface area contributed by atoms with Crippen LogP contribution in [-0.4, -0.2) is 42.6 Å². The van der Waals surface area contributed by atoms with Crippen molar-refractivity contribution >= 4 is 5.82 Å². The van der Waals surface area contributed by atoms with E-state index in [0.717, 1.165) is 12.0 Å². The summed E-state index contributed by atoms with van der Waals surface area (Å²) in [6.07, 6.45) is 4.55. The first kappa shape index (κ1) is 11.0. The van der Waals surface area contributed by atoms with Crippen molar-refractivity contribution in [1.29, 1.82) is 0 Å². The lowest BCUT2D eigenvalue weighted by atomic mass is 9.93. The molecule has 3 heteroatoms. The van der Waals surface area contributed by atoms with E-state index in [9.17, 15) is 0 Å². The van der Waals surface area contributed by atoms with Crippen molar-refractivity contribution < 1.29 is 0 Å². The Morgan fingerprint density at radius 3 is 3.00 bits per heavy atom. The molecule has 2 aliphatic heterocycles. The molecular formula is C14H21N3. The molecule has 2 saturated heterocycles. The molecule has 0 saturated carbocycles. The monoisotopic (exact) mass is 231 g/mol. The molecule has 0 N–H and O–H groups in total. The van der Waals surface area contributed by atoms with Gasteiger partial charge in [-0.2, -0.15) is 0 Å². The third-order valence-electron chi connectivity index (χ3n) is 4.23. The molecule has 0 bridgehead atoms. The van der Waals surface area contributed by atoms with Gasteiger partial charge in [-0.3, -0.25) is 0 Å². The highest BCUT2D eigenvalue weighted by atomic mass is 15.3. The zero-order chi connectivity index (χ0) is 11.8. The second-order valence-corrected chi connectivity index (χ2v) is 5.55. The third kappa shape index (κ3) is 2.04. The normalized spacial score (nSPS) is 29.4. The van der Waals surface area contributed by atoms with E-state index in [4.69, 9.17) is 0 Å². The van der Waals surface area contributed by atoms with Crippen molar-refractivity contribution in [3.05, 3.63) is 23.9 Å². The Kier molecular flexibility index (Phi) is 2.79. The SMILES string of the molecule is Cc1ccnc(N2CC[C@@H]3CN(C)CCC32)c1. The quantitative estimate of drug-likeness (QED) is 0.736. The maximum absolute atomic E-state index is 4.54. The summed E-state index contributed by atoms with van der Waals surface area (Å²) in [6.45, 7) is 5.81. The summed E-state index contributed by atoms with van der Waals surface area (Å²) >= 11 is 0. The number of piperidine rings is 1. The number of fused-ring (bicyclic) bond motifs is 1. The summed E-state index contributed by atoms with van der Waals surface area (Å²) in [7, 11) is 2.24. The van der Waals surface area contributed by atoms with E-state index in [0.29, 0.717) is 0 Å². The van der Waals surface area contributed by atoms with Gasteiger partial charge in [-0.1, -0.05) is 0 Å². The van der Waals surface area contributed by atoms with Gasteiger partial charge in [-0.25, -0.2) is 4.98 Å². The summed E-state index contributed by atoms with van der Waals surface area (Å²) < 4.78 is 0. The predicted molar refractivity (Wildman–Crippen MR) is 70.3 cm³/mol. The average Bonchev–Trinajstić information content (AvgIpc) is 2.71. The molecule has 0 aliphatic carbocycles. The van der Waals surface area contributed by atoms with Crippen molar-refractivity contribution in [2.75, 3.05) is 31.6 Å². The van der Waals surface area contributed by atoms with Crippen molar-refractivity contribution in [2.24, 2.45) is 5.92 Å². The van der Waals surface area contributed by atoms with Crippen LogP contribution >= 0.6 is 0 Å². The fraction of sp³-hybridized carbons (Fsp3) is 0.643. The largest absolute Gasteiger partial charge is 0.353 e. The highest BCUT2D eigenvalue weighted by Crippen LogP contribution is 2.33. The second kappa shape index (κ2) is 4.30. The molecule has 2 fully saturated rings. The first-order valence-electron chi connectivity index (χ1n) is 6.62. The van der Waals surface area contributed by atoms with E-state index in [2.05, 4.69) is 40.9 Å². The topological polar surface area (TPSA) is 19.4 Å². The van der Waals surface area contributed by atoms with Gasteiger partial charge in [-0.05, 0) is 57.0 Å². The second-order valence-electron chi connectivity index (χ2n) is 5.55. The smallest absolute Gasteiger partial charge is 0.128 e. The van der Waals surface area contributed by atoms with Gasteiger partial charge in [-0.15, -0.1) is 0 Å². The Morgan fingerprint density at radius 1 is 1.29 bits per heavy atom. The maximum Gasteiger partial charge on any atom is 0.128 e. The number of nitrogens with zero attached hydrogens (tertiary/aromatic N) is 3. The summed E-state index contributed by atoms with van der Waals surface area (Å²) in [6, 6.07) is 5.02. The molecule has 0 aromatic carbocycles. The van der Waals surface area contributed by atoms with Gasteiger partial charge in [0.15, 0.2) is 0 Å². The fourth-order valence-corrected chi connectivity index (χ4v) is 3.33. The first-order chi connectivity index (χ1) is 8.24. The predicted octanol–water partition coefficient (Wildman–Crippen LogP) is 1.92. The van der Waals surface area contributed by atoms with Crippen LogP contribution in [0.1, 0.15) is 18.4 Å².